The van der Waals surface area contributed by atoms with Crippen LogP contribution in [0, 0.1) is 0 Å². The largest absolute Gasteiger partial charge is 0.340 e. The topological polar surface area (TPSA) is 78.0 Å². The van der Waals surface area contributed by atoms with Crippen LogP contribution in [0.5, 0.6) is 0 Å². The maximum absolute atomic E-state index is 12.7. The second kappa shape index (κ2) is 8.66. The number of amides is 2. The minimum absolute atomic E-state index is 0.0313. The van der Waals surface area contributed by atoms with Gasteiger partial charge in [0.05, 0.1) is 10.8 Å². The van der Waals surface area contributed by atoms with Crippen molar-refractivity contribution >= 4 is 50.5 Å². The standard InChI is InChI=1S/C20H22ClN3O4S2/c21-17-7-8-20(29-17)30(27,28)23-12-10-22(11-13-23)19(26)14-15-3-5-16(6-4-15)24-9-1-2-18(24)25/h3-8H,1-2,9-14H2. The fraction of sp³-hybridized carbons (Fsp3) is 0.400. The first-order valence-electron chi connectivity index (χ1n) is 9.77. The Balaban J connectivity index is 1.33. The summed E-state index contributed by atoms with van der Waals surface area (Å²) < 4.78 is 27.4. The molecule has 30 heavy (non-hydrogen) atoms. The SMILES string of the molecule is O=C(Cc1ccc(N2CCCC2=O)cc1)N1CCN(S(=O)(=O)c2ccc(Cl)s2)CC1. The number of halogens is 1. The van der Waals surface area contributed by atoms with E-state index in [1.165, 1.54) is 10.4 Å². The van der Waals surface area contributed by atoms with Gasteiger partial charge < -0.3 is 9.80 Å². The molecule has 2 aliphatic heterocycles. The van der Waals surface area contributed by atoms with E-state index in [0.717, 1.165) is 35.6 Å². The average Bonchev–Trinajstić information content (AvgIpc) is 3.37. The number of rotatable bonds is 5. The Morgan fingerprint density at radius 1 is 1.00 bits per heavy atom. The van der Waals surface area contributed by atoms with Gasteiger partial charge in [-0.15, -0.1) is 11.3 Å². The van der Waals surface area contributed by atoms with E-state index in [1.807, 2.05) is 24.3 Å². The number of carbonyl (C=O) groups excluding carboxylic acids is 2. The van der Waals surface area contributed by atoms with Crippen LogP contribution in [0.2, 0.25) is 4.34 Å². The van der Waals surface area contributed by atoms with Gasteiger partial charge in [0.15, 0.2) is 0 Å². The highest BCUT2D eigenvalue weighted by Crippen LogP contribution is 2.28. The van der Waals surface area contributed by atoms with Crippen LogP contribution >= 0.6 is 22.9 Å². The third kappa shape index (κ3) is 4.39. The van der Waals surface area contributed by atoms with Crippen molar-refractivity contribution in [3.8, 4) is 0 Å². The molecule has 2 saturated heterocycles. The number of carbonyl (C=O) groups is 2. The summed E-state index contributed by atoms with van der Waals surface area (Å²) in [4.78, 5) is 28.0. The van der Waals surface area contributed by atoms with E-state index in [1.54, 1.807) is 15.9 Å². The number of hydrogen-bond acceptors (Lipinski definition) is 5. The summed E-state index contributed by atoms with van der Waals surface area (Å²) in [6.45, 7) is 1.98. The molecule has 0 bridgehead atoms. The molecular weight excluding hydrogens is 446 g/mol. The smallest absolute Gasteiger partial charge is 0.252 e. The number of benzene rings is 1. The Kier molecular flexibility index (Phi) is 6.15. The van der Waals surface area contributed by atoms with Gasteiger partial charge in [0.2, 0.25) is 11.8 Å². The number of hydrogen-bond donors (Lipinski definition) is 0. The summed E-state index contributed by atoms with van der Waals surface area (Å²) in [5, 5.41) is 0. The summed E-state index contributed by atoms with van der Waals surface area (Å²) in [6.07, 6.45) is 1.71. The van der Waals surface area contributed by atoms with E-state index in [9.17, 15) is 18.0 Å². The van der Waals surface area contributed by atoms with E-state index in [-0.39, 0.29) is 35.5 Å². The van der Waals surface area contributed by atoms with Crippen molar-refractivity contribution in [2.75, 3.05) is 37.6 Å². The highest BCUT2D eigenvalue weighted by Gasteiger charge is 2.31. The molecule has 1 aromatic carbocycles. The minimum Gasteiger partial charge on any atom is -0.340 e. The third-order valence-electron chi connectivity index (χ3n) is 5.41. The molecule has 0 N–H and O–H groups in total. The fourth-order valence-corrected chi connectivity index (χ4v) is 6.80. The average molecular weight is 468 g/mol. The molecule has 0 radical (unpaired) electrons. The van der Waals surface area contributed by atoms with Gasteiger partial charge in [-0.3, -0.25) is 9.59 Å². The summed E-state index contributed by atoms with van der Waals surface area (Å²) in [6, 6.07) is 10.6. The van der Waals surface area contributed by atoms with Crippen molar-refractivity contribution in [2.24, 2.45) is 0 Å². The van der Waals surface area contributed by atoms with Crippen LogP contribution < -0.4 is 4.90 Å². The Labute approximate surface area is 184 Å². The zero-order valence-corrected chi connectivity index (χ0v) is 18.7. The molecule has 10 heteroatoms. The van der Waals surface area contributed by atoms with Crippen LogP contribution in [0.1, 0.15) is 18.4 Å². The number of anilines is 1. The monoisotopic (exact) mass is 467 g/mol. The van der Waals surface area contributed by atoms with Crippen LogP contribution in [0.15, 0.2) is 40.6 Å². The normalized spacial score (nSPS) is 18.2. The molecule has 0 spiro atoms. The maximum Gasteiger partial charge on any atom is 0.252 e. The molecule has 0 aliphatic carbocycles. The first-order valence-corrected chi connectivity index (χ1v) is 12.4. The van der Waals surface area contributed by atoms with Gasteiger partial charge >= 0.3 is 0 Å². The first kappa shape index (κ1) is 21.3. The predicted octanol–water partition coefficient (Wildman–Crippen LogP) is 2.60. The Hall–Kier alpha value is -1.94. The quantitative estimate of drug-likeness (QED) is 0.677. The lowest BCUT2D eigenvalue weighted by molar-refractivity contribution is -0.131. The molecule has 1 aromatic heterocycles. The van der Waals surface area contributed by atoms with Gasteiger partial charge in [-0.1, -0.05) is 23.7 Å². The molecule has 0 unspecified atom stereocenters. The lowest BCUT2D eigenvalue weighted by Gasteiger charge is -2.33. The molecule has 2 aromatic rings. The molecular formula is C20H22ClN3O4S2. The number of sulfonamides is 1. The second-order valence-electron chi connectivity index (χ2n) is 7.34. The maximum atomic E-state index is 12.7. The molecule has 2 amide bonds. The summed E-state index contributed by atoms with van der Waals surface area (Å²) in [5.74, 6) is 0.104. The molecule has 0 atom stereocenters. The Bertz CT molecular complexity index is 1040. The van der Waals surface area contributed by atoms with Crippen LogP contribution in [0.3, 0.4) is 0 Å². The summed E-state index contributed by atoms with van der Waals surface area (Å²) in [7, 11) is -3.57. The molecule has 3 heterocycles. The minimum atomic E-state index is -3.57. The fourth-order valence-electron chi connectivity index (χ4n) is 3.74. The molecule has 2 fully saturated rings. The molecule has 7 nitrogen and oxygen atoms in total. The van der Waals surface area contributed by atoms with Gasteiger partial charge in [0, 0.05) is 44.8 Å². The Morgan fingerprint density at radius 2 is 1.70 bits per heavy atom. The number of thiophene rings is 1. The van der Waals surface area contributed by atoms with Gasteiger partial charge in [-0.05, 0) is 36.2 Å². The van der Waals surface area contributed by atoms with Crippen molar-refractivity contribution in [2.45, 2.75) is 23.5 Å². The lowest BCUT2D eigenvalue weighted by Crippen LogP contribution is -2.50. The number of nitrogens with zero attached hydrogens (tertiary/aromatic N) is 3. The molecule has 0 saturated carbocycles. The zero-order valence-electron chi connectivity index (χ0n) is 16.3. The van der Waals surface area contributed by atoms with E-state index in [0.29, 0.717) is 23.8 Å². The van der Waals surface area contributed by atoms with Crippen LogP contribution in [0.4, 0.5) is 5.69 Å². The van der Waals surface area contributed by atoms with Crippen molar-refractivity contribution in [1.82, 2.24) is 9.21 Å². The van der Waals surface area contributed by atoms with Crippen LogP contribution in [0.25, 0.3) is 0 Å². The Morgan fingerprint density at radius 3 is 2.27 bits per heavy atom. The zero-order chi connectivity index (χ0) is 21.3. The predicted molar refractivity (Wildman–Crippen MR) is 116 cm³/mol. The van der Waals surface area contributed by atoms with Gasteiger partial charge in [-0.2, -0.15) is 4.31 Å². The molecule has 4 rings (SSSR count). The molecule has 2 aliphatic rings. The van der Waals surface area contributed by atoms with Crippen molar-refractivity contribution in [3.63, 3.8) is 0 Å². The van der Waals surface area contributed by atoms with Gasteiger partial charge in [-0.25, -0.2) is 8.42 Å². The van der Waals surface area contributed by atoms with Gasteiger partial charge in [0.1, 0.15) is 4.21 Å². The first-order chi connectivity index (χ1) is 14.3. The van der Waals surface area contributed by atoms with E-state index < -0.39 is 10.0 Å². The van der Waals surface area contributed by atoms with Crippen molar-refractivity contribution in [3.05, 3.63) is 46.3 Å². The van der Waals surface area contributed by atoms with E-state index >= 15 is 0 Å². The van der Waals surface area contributed by atoms with Gasteiger partial charge in [0.25, 0.3) is 10.0 Å². The highest BCUT2D eigenvalue weighted by molar-refractivity contribution is 7.91. The number of piperazine rings is 1. The van der Waals surface area contributed by atoms with Crippen LogP contribution in [-0.4, -0.2) is 62.2 Å². The van der Waals surface area contributed by atoms with E-state index in [4.69, 9.17) is 11.6 Å². The van der Waals surface area contributed by atoms with E-state index in [2.05, 4.69) is 0 Å². The summed E-state index contributed by atoms with van der Waals surface area (Å²) in [5.41, 5.74) is 1.74. The summed E-state index contributed by atoms with van der Waals surface area (Å²) >= 11 is 6.90. The second-order valence-corrected chi connectivity index (χ2v) is 11.2. The highest BCUT2D eigenvalue weighted by atomic mass is 35.5. The lowest BCUT2D eigenvalue weighted by atomic mass is 10.1. The van der Waals surface area contributed by atoms with Crippen molar-refractivity contribution < 1.29 is 18.0 Å². The third-order valence-corrected chi connectivity index (χ3v) is 9.01. The molecule has 160 valence electrons. The van der Waals surface area contributed by atoms with Crippen molar-refractivity contribution in [1.29, 1.82) is 0 Å². The van der Waals surface area contributed by atoms with Crippen LogP contribution in [-0.2, 0) is 26.0 Å².